The van der Waals surface area contributed by atoms with Crippen LogP contribution in [-0.2, 0) is 0 Å². The van der Waals surface area contributed by atoms with Crippen LogP contribution in [0.4, 0.5) is 5.82 Å². The molecule has 1 N–H and O–H groups in total. The number of rotatable bonds is 6. The SMILES string of the molecule is COc1ccc([C@@H](CNc2ncnc3sccc23)N(C)C)cc1. The summed E-state index contributed by atoms with van der Waals surface area (Å²) >= 11 is 1.63. The van der Waals surface area contributed by atoms with Crippen LogP contribution in [0.3, 0.4) is 0 Å². The third-order valence-electron chi connectivity index (χ3n) is 3.85. The number of nitrogens with one attached hydrogen (secondary N) is 1. The molecule has 0 fully saturated rings. The fourth-order valence-corrected chi connectivity index (χ4v) is 3.28. The molecular formula is C17H20N4OS. The first-order valence-corrected chi connectivity index (χ1v) is 8.29. The lowest BCUT2D eigenvalue weighted by molar-refractivity contribution is 0.311. The molecule has 0 bridgehead atoms. The molecule has 0 aliphatic rings. The van der Waals surface area contributed by atoms with Crippen LogP contribution in [0.5, 0.6) is 5.75 Å². The summed E-state index contributed by atoms with van der Waals surface area (Å²) in [6, 6.07) is 10.5. The summed E-state index contributed by atoms with van der Waals surface area (Å²) in [5.41, 5.74) is 1.24. The molecule has 3 rings (SSSR count). The van der Waals surface area contributed by atoms with Crippen LogP contribution < -0.4 is 10.1 Å². The minimum Gasteiger partial charge on any atom is -0.497 e. The number of hydrogen-bond donors (Lipinski definition) is 1. The van der Waals surface area contributed by atoms with Crippen LogP contribution in [0.2, 0.25) is 0 Å². The number of methoxy groups -OCH3 is 1. The Labute approximate surface area is 139 Å². The zero-order valence-corrected chi connectivity index (χ0v) is 14.3. The minimum absolute atomic E-state index is 0.240. The summed E-state index contributed by atoms with van der Waals surface area (Å²) in [5, 5.41) is 6.58. The first-order valence-electron chi connectivity index (χ1n) is 7.41. The monoisotopic (exact) mass is 328 g/mol. The van der Waals surface area contributed by atoms with Crippen molar-refractivity contribution in [2.45, 2.75) is 6.04 Å². The van der Waals surface area contributed by atoms with Crippen LogP contribution in [0, 0.1) is 0 Å². The molecule has 0 spiro atoms. The van der Waals surface area contributed by atoms with Crippen LogP contribution in [0.15, 0.2) is 42.0 Å². The Morgan fingerprint density at radius 3 is 2.65 bits per heavy atom. The number of thiophene rings is 1. The highest BCUT2D eigenvalue weighted by Gasteiger charge is 2.15. The van der Waals surface area contributed by atoms with Crippen molar-refractivity contribution < 1.29 is 4.74 Å². The van der Waals surface area contributed by atoms with Crippen LogP contribution in [0.25, 0.3) is 10.2 Å². The van der Waals surface area contributed by atoms with Gasteiger partial charge in [-0.25, -0.2) is 9.97 Å². The Kier molecular flexibility index (Phi) is 4.73. The molecule has 0 radical (unpaired) electrons. The normalized spacial score (nSPS) is 12.5. The second-order valence-corrected chi connectivity index (χ2v) is 6.39. The molecule has 2 heterocycles. The molecule has 2 aromatic heterocycles. The largest absolute Gasteiger partial charge is 0.497 e. The molecule has 23 heavy (non-hydrogen) atoms. The molecular weight excluding hydrogens is 308 g/mol. The van der Waals surface area contributed by atoms with Gasteiger partial charge in [-0.1, -0.05) is 12.1 Å². The van der Waals surface area contributed by atoms with Crippen molar-refractivity contribution >= 4 is 27.4 Å². The van der Waals surface area contributed by atoms with E-state index in [9.17, 15) is 0 Å². The average Bonchev–Trinajstić information content (AvgIpc) is 3.04. The highest BCUT2D eigenvalue weighted by atomic mass is 32.1. The van der Waals surface area contributed by atoms with E-state index in [1.165, 1.54) is 5.56 Å². The molecule has 1 aromatic carbocycles. The van der Waals surface area contributed by atoms with Gasteiger partial charge in [0.2, 0.25) is 0 Å². The molecule has 5 nitrogen and oxygen atoms in total. The van der Waals surface area contributed by atoms with E-state index >= 15 is 0 Å². The van der Waals surface area contributed by atoms with Gasteiger partial charge in [0.05, 0.1) is 18.5 Å². The van der Waals surface area contributed by atoms with Gasteiger partial charge in [-0.15, -0.1) is 11.3 Å². The van der Waals surface area contributed by atoms with Crippen LogP contribution in [-0.4, -0.2) is 42.6 Å². The van der Waals surface area contributed by atoms with E-state index in [-0.39, 0.29) is 6.04 Å². The Morgan fingerprint density at radius 1 is 1.17 bits per heavy atom. The van der Waals surface area contributed by atoms with Gasteiger partial charge in [0, 0.05) is 6.54 Å². The number of likely N-dealkylation sites (N-methyl/N-ethyl adjacent to an activating group) is 1. The number of nitrogens with zero attached hydrogens (tertiary/aromatic N) is 3. The van der Waals surface area contributed by atoms with E-state index in [2.05, 4.69) is 52.5 Å². The Balaban J connectivity index is 1.78. The lowest BCUT2D eigenvalue weighted by Crippen LogP contribution is -2.27. The molecule has 120 valence electrons. The standard InChI is InChI=1S/C17H20N4OS/c1-21(2)15(12-4-6-13(22-3)7-5-12)10-18-16-14-8-9-23-17(14)20-11-19-16/h4-9,11,15H,10H2,1-3H3,(H,18,19,20)/t15-/m1/s1. The Bertz CT molecular complexity index is 770. The lowest BCUT2D eigenvalue weighted by atomic mass is 10.1. The lowest BCUT2D eigenvalue weighted by Gasteiger charge is -2.25. The van der Waals surface area contributed by atoms with Crippen molar-refractivity contribution in [3.8, 4) is 5.75 Å². The first kappa shape index (κ1) is 15.7. The van der Waals surface area contributed by atoms with Crippen molar-refractivity contribution in [3.05, 3.63) is 47.6 Å². The van der Waals surface area contributed by atoms with E-state index in [0.717, 1.165) is 28.3 Å². The molecule has 6 heteroatoms. The Morgan fingerprint density at radius 2 is 1.96 bits per heavy atom. The molecule has 0 aliphatic carbocycles. The number of benzene rings is 1. The van der Waals surface area contributed by atoms with Gasteiger partial charge in [0.15, 0.2) is 0 Å². The van der Waals surface area contributed by atoms with E-state index in [1.807, 2.05) is 17.5 Å². The second kappa shape index (κ2) is 6.93. The topological polar surface area (TPSA) is 50.3 Å². The van der Waals surface area contributed by atoms with Gasteiger partial charge in [-0.3, -0.25) is 0 Å². The van der Waals surface area contributed by atoms with Gasteiger partial charge in [0.25, 0.3) is 0 Å². The summed E-state index contributed by atoms with van der Waals surface area (Å²) in [6.07, 6.45) is 1.61. The summed E-state index contributed by atoms with van der Waals surface area (Å²) in [4.78, 5) is 11.9. The first-order chi connectivity index (χ1) is 11.2. The number of anilines is 1. The van der Waals surface area contributed by atoms with Crippen LogP contribution in [0.1, 0.15) is 11.6 Å². The van der Waals surface area contributed by atoms with Crippen LogP contribution >= 0.6 is 11.3 Å². The maximum Gasteiger partial charge on any atom is 0.138 e. The summed E-state index contributed by atoms with van der Waals surface area (Å²) < 4.78 is 5.23. The van der Waals surface area contributed by atoms with Gasteiger partial charge in [-0.05, 0) is 43.2 Å². The predicted octanol–water partition coefficient (Wildman–Crippen LogP) is 3.41. The maximum atomic E-state index is 5.23. The quantitative estimate of drug-likeness (QED) is 0.751. The average molecular weight is 328 g/mol. The third-order valence-corrected chi connectivity index (χ3v) is 4.67. The molecule has 3 aromatic rings. The predicted molar refractivity (Wildman–Crippen MR) is 95.3 cm³/mol. The number of fused-ring (bicyclic) bond motifs is 1. The second-order valence-electron chi connectivity index (χ2n) is 5.50. The molecule has 0 amide bonds. The van der Waals surface area contributed by atoms with E-state index in [1.54, 1.807) is 24.8 Å². The summed E-state index contributed by atoms with van der Waals surface area (Å²) in [6.45, 7) is 0.765. The van der Waals surface area contributed by atoms with E-state index < -0.39 is 0 Å². The third kappa shape index (κ3) is 3.43. The van der Waals surface area contributed by atoms with E-state index in [4.69, 9.17) is 4.74 Å². The van der Waals surface area contributed by atoms with Gasteiger partial charge in [0.1, 0.15) is 22.7 Å². The molecule has 1 atom stereocenters. The highest BCUT2D eigenvalue weighted by molar-refractivity contribution is 7.16. The Hall–Kier alpha value is -2.18. The van der Waals surface area contributed by atoms with Crippen molar-refractivity contribution in [1.29, 1.82) is 0 Å². The fourth-order valence-electron chi connectivity index (χ4n) is 2.55. The van der Waals surface area contributed by atoms with Crippen molar-refractivity contribution in [1.82, 2.24) is 14.9 Å². The fraction of sp³-hybridized carbons (Fsp3) is 0.294. The van der Waals surface area contributed by atoms with Crippen molar-refractivity contribution in [2.75, 3.05) is 33.1 Å². The van der Waals surface area contributed by atoms with Crippen molar-refractivity contribution in [3.63, 3.8) is 0 Å². The minimum atomic E-state index is 0.240. The number of aromatic nitrogens is 2. The van der Waals surface area contributed by atoms with Crippen molar-refractivity contribution in [2.24, 2.45) is 0 Å². The zero-order valence-electron chi connectivity index (χ0n) is 13.5. The summed E-state index contributed by atoms with van der Waals surface area (Å²) in [5.74, 6) is 1.76. The summed E-state index contributed by atoms with van der Waals surface area (Å²) in [7, 11) is 5.84. The molecule has 0 saturated heterocycles. The molecule has 0 unspecified atom stereocenters. The van der Waals surface area contributed by atoms with Gasteiger partial charge >= 0.3 is 0 Å². The van der Waals surface area contributed by atoms with Gasteiger partial charge < -0.3 is 15.0 Å². The highest BCUT2D eigenvalue weighted by Crippen LogP contribution is 2.26. The maximum absolute atomic E-state index is 5.23. The molecule has 0 aliphatic heterocycles. The molecule has 0 saturated carbocycles. The smallest absolute Gasteiger partial charge is 0.138 e. The van der Waals surface area contributed by atoms with E-state index in [0.29, 0.717) is 0 Å². The van der Waals surface area contributed by atoms with Gasteiger partial charge in [-0.2, -0.15) is 0 Å². The number of hydrogen-bond acceptors (Lipinski definition) is 6. The zero-order chi connectivity index (χ0) is 16.2. The number of ether oxygens (including phenoxy) is 1.